The Morgan fingerprint density at radius 1 is 0.534 bits per heavy atom. The van der Waals surface area contributed by atoms with Crippen LogP contribution in [0.2, 0.25) is 0 Å². The number of hydrogen-bond acceptors (Lipinski definition) is 8. The van der Waals surface area contributed by atoms with Crippen LogP contribution in [0.3, 0.4) is 0 Å². The molecule has 0 bridgehead atoms. The van der Waals surface area contributed by atoms with E-state index in [-0.39, 0.29) is 23.4 Å². The Kier molecular flexibility index (Phi) is 6.92. The number of rotatable bonds is 6. The molecule has 2 aliphatic rings. The van der Waals surface area contributed by atoms with Gasteiger partial charge in [0.2, 0.25) is 0 Å². The number of nitro groups is 2. The molecule has 1 aliphatic heterocycles. The molecule has 0 spiro atoms. The number of imidazole rings is 2. The van der Waals surface area contributed by atoms with Crippen molar-refractivity contribution in [2.24, 2.45) is 0 Å². The molecule has 0 N–H and O–H groups in total. The molecule has 1 aliphatic carbocycles. The number of furan rings is 1. The summed E-state index contributed by atoms with van der Waals surface area (Å²) in [7, 11) is 0. The molecule has 4 heterocycles. The predicted molar refractivity (Wildman–Crippen MR) is 217 cm³/mol. The highest BCUT2D eigenvalue weighted by Gasteiger charge is 2.34. The fourth-order valence-electron chi connectivity index (χ4n) is 8.49. The van der Waals surface area contributed by atoms with Crippen molar-refractivity contribution in [3.63, 3.8) is 0 Å². The lowest BCUT2D eigenvalue weighted by molar-refractivity contribution is -0.393. The second-order valence-electron chi connectivity index (χ2n) is 14.1. The number of hydrogen-bond donors (Lipinski definition) is 0. The Labute approximate surface area is 324 Å². The van der Waals surface area contributed by atoms with Crippen molar-refractivity contribution < 1.29 is 19.0 Å². The predicted octanol–water partition coefficient (Wildman–Crippen LogP) is 8.56. The van der Waals surface area contributed by atoms with Crippen molar-refractivity contribution in [3.8, 4) is 28.5 Å². The highest BCUT2D eigenvalue weighted by molar-refractivity contribution is 6.05. The molecule has 0 saturated carbocycles. The van der Waals surface area contributed by atoms with Gasteiger partial charge in [-0.3, -0.25) is 38.5 Å². The summed E-state index contributed by atoms with van der Waals surface area (Å²) < 4.78 is 17.3. The topological polar surface area (TPSA) is 163 Å². The van der Waals surface area contributed by atoms with Crippen LogP contribution in [0.4, 0.5) is 11.4 Å². The number of para-hydroxylation sites is 5. The van der Waals surface area contributed by atoms with E-state index in [1.54, 1.807) is 72.8 Å². The van der Waals surface area contributed by atoms with Gasteiger partial charge in [0, 0.05) is 28.3 Å². The van der Waals surface area contributed by atoms with Gasteiger partial charge in [-0.2, -0.15) is 0 Å². The van der Waals surface area contributed by atoms with E-state index in [0.29, 0.717) is 50.4 Å². The molecule has 14 heteroatoms. The molecule has 58 heavy (non-hydrogen) atoms. The zero-order chi connectivity index (χ0) is 39.4. The highest BCUT2D eigenvalue weighted by Crippen LogP contribution is 2.43. The molecule has 11 rings (SSSR count). The van der Waals surface area contributed by atoms with E-state index in [0.717, 1.165) is 27.0 Å². The zero-order valence-electron chi connectivity index (χ0n) is 30.0. The first-order chi connectivity index (χ1) is 28.3. The first kappa shape index (κ1) is 33.1. The number of ether oxygens (including phenoxy) is 1. The van der Waals surface area contributed by atoms with Crippen LogP contribution < -0.4 is 16.1 Å². The molecular weight excluding hydrogens is 741 g/mol. The summed E-state index contributed by atoms with van der Waals surface area (Å²) >= 11 is 0. The first-order valence-electron chi connectivity index (χ1n) is 18.3. The quantitative estimate of drug-likeness (QED) is 0.120. The molecule has 9 aromatic rings. The van der Waals surface area contributed by atoms with Crippen molar-refractivity contribution in [2.45, 2.75) is 12.0 Å². The minimum Gasteiger partial charge on any atom is -0.485 e. The molecule has 3 aromatic heterocycles. The van der Waals surface area contributed by atoms with Gasteiger partial charge in [0.1, 0.15) is 34.4 Å². The van der Waals surface area contributed by atoms with Gasteiger partial charge in [-0.25, -0.2) is 9.59 Å². The Morgan fingerprint density at radius 2 is 1.07 bits per heavy atom. The summed E-state index contributed by atoms with van der Waals surface area (Å²) in [6.07, 6.45) is 7.68. The molecule has 0 amide bonds. The van der Waals surface area contributed by atoms with Gasteiger partial charge in [0.05, 0.1) is 49.4 Å². The number of allylic oxidation sites excluding steroid dienone is 2. The Morgan fingerprint density at radius 3 is 1.71 bits per heavy atom. The fraction of sp³-hybridized carbons (Fsp3) is 0.0455. The minimum atomic E-state index is -0.769. The molecule has 0 radical (unpaired) electrons. The number of benzene rings is 6. The standard InChI is InChI=1S/C44H26N6O8/c51-43-45(25-17-19-41-29(21-25)27-9-1-7-15-39(27)57-41)31-11-3-5-13-33(31)47(43)35-23-36(38(50(55)56)24-37(35)49(53)54)48-34-14-6-4-12-32(34)46(44(48)52)26-18-20-42-30(22-26)28-10-2-8-16-40(28)58-42/h1-24,27,39H. The molecular formula is C44H26N6O8. The summed E-state index contributed by atoms with van der Waals surface area (Å²) in [5.41, 5.74) is 1.36. The van der Waals surface area contributed by atoms with Crippen LogP contribution in [0, 0.1) is 20.2 Å². The van der Waals surface area contributed by atoms with Gasteiger partial charge in [-0.1, -0.05) is 60.7 Å². The van der Waals surface area contributed by atoms with Crippen LogP contribution in [0.25, 0.3) is 66.8 Å². The van der Waals surface area contributed by atoms with E-state index in [1.165, 1.54) is 19.8 Å². The maximum Gasteiger partial charge on any atom is 0.338 e. The Bertz CT molecular complexity index is 3470. The zero-order valence-corrected chi connectivity index (χ0v) is 30.0. The third kappa shape index (κ3) is 4.65. The maximum absolute atomic E-state index is 14.8. The summed E-state index contributed by atoms with van der Waals surface area (Å²) in [6.45, 7) is 0. The van der Waals surface area contributed by atoms with Gasteiger partial charge < -0.3 is 9.15 Å². The van der Waals surface area contributed by atoms with E-state index in [1.807, 2.05) is 60.7 Å². The lowest BCUT2D eigenvalue weighted by Crippen LogP contribution is -2.25. The van der Waals surface area contributed by atoms with E-state index >= 15 is 0 Å². The van der Waals surface area contributed by atoms with Gasteiger partial charge in [-0.05, 0) is 72.8 Å². The SMILES string of the molecule is O=c1n(-c2ccc3c(c2)C2C=CC=CC2O3)c2ccccc2n1-c1cc(-n2c(=O)n(-c3ccc4oc5ccccc5c4c3)c3ccccc32)c([N+](=O)[O-])cc1[N+](=O)[O-]. The van der Waals surface area contributed by atoms with Crippen LogP contribution in [0.15, 0.2) is 160 Å². The second-order valence-corrected chi connectivity index (χ2v) is 14.1. The minimum absolute atomic E-state index is 0.0660. The molecule has 14 nitrogen and oxygen atoms in total. The van der Waals surface area contributed by atoms with Crippen LogP contribution in [-0.4, -0.2) is 34.2 Å². The fourth-order valence-corrected chi connectivity index (χ4v) is 8.49. The van der Waals surface area contributed by atoms with Crippen LogP contribution in [0.1, 0.15) is 11.5 Å². The van der Waals surface area contributed by atoms with Gasteiger partial charge in [0.15, 0.2) is 0 Å². The van der Waals surface area contributed by atoms with E-state index < -0.39 is 32.6 Å². The number of nitrogens with zero attached hydrogens (tertiary/aromatic N) is 6. The third-order valence-electron chi connectivity index (χ3n) is 11.0. The lowest BCUT2D eigenvalue weighted by Gasteiger charge is -2.14. The molecule has 2 atom stereocenters. The van der Waals surface area contributed by atoms with Crippen molar-refractivity contribution in [1.82, 2.24) is 18.3 Å². The van der Waals surface area contributed by atoms with Crippen molar-refractivity contribution in [3.05, 3.63) is 192 Å². The largest absolute Gasteiger partial charge is 0.485 e. The van der Waals surface area contributed by atoms with Gasteiger partial charge in [-0.15, -0.1) is 0 Å². The van der Waals surface area contributed by atoms with Crippen LogP contribution in [-0.2, 0) is 0 Å². The summed E-state index contributed by atoms with van der Waals surface area (Å²) in [5.74, 6) is 0.619. The van der Waals surface area contributed by atoms with Crippen LogP contribution in [0.5, 0.6) is 5.75 Å². The van der Waals surface area contributed by atoms with E-state index in [4.69, 9.17) is 9.15 Å². The Hall–Kier alpha value is -8.26. The van der Waals surface area contributed by atoms with Gasteiger partial charge in [0.25, 0.3) is 11.4 Å². The summed E-state index contributed by atoms with van der Waals surface area (Å²) in [4.78, 5) is 53.7. The molecule has 6 aromatic carbocycles. The highest BCUT2D eigenvalue weighted by atomic mass is 16.6. The van der Waals surface area contributed by atoms with E-state index in [9.17, 15) is 29.8 Å². The van der Waals surface area contributed by atoms with Crippen molar-refractivity contribution in [1.29, 1.82) is 0 Å². The third-order valence-corrected chi connectivity index (χ3v) is 11.0. The smallest absolute Gasteiger partial charge is 0.338 e. The average Bonchev–Trinajstić information content (AvgIpc) is 3.96. The number of aromatic nitrogens is 4. The molecule has 0 saturated heterocycles. The monoisotopic (exact) mass is 766 g/mol. The summed E-state index contributed by atoms with van der Waals surface area (Å²) in [5, 5.41) is 27.2. The van der Waals surface area contributed by atoms with E-state index in [2.05, 4.69) is 0 Å². The number of fused-ring (bicyclic) bond motifs is 8. The molecule has 2 unspecified atom stereocenters. The second kappa shape index (κ2) is 12.1. The van der Waals surface area contributed by atoms with Crippen molar-refractivity contribution in [2.75, 3.05) is 0 Å². The maximum atomic E-state index is 14.8. The van der Waals surface area contributed by atoms with Crippen LogP contribution >= 0.6 is 0 Å². The molecule has 280 valence electrons. The van der Waals surface area contributed by atoms with Gasteiger partial charge >= 0.3 is 11.4 Å². The normalized spacial score (nSPS) is 15.7. The average molecular weight is 767 g/mol. The Balaban J connectivity index is 1.16. The first-order valence-corrected chi connectivity index (χ1v) is 18.3. The number of nitro benzene ring substituents is 2. The lowest BCUT2D eigenvalue weighted by atomic mass is 9.92. The molecule has 0 fully saturated rings. The summed E-state index contributed by atoms with van der Waals surface area (Å²) in [6, 6.07) is 33.8. The van der Waals surface area contributed by atoms with Crippen molar-refractivity contribution >= 4 is 55.4 Å².